The number of hydrogen-bond acceptors (Lipinski definition) is 3. The number of aryl methyl sites for hydroxylation is 1. The van der Waals surface area contributed by atoms with E-state index in [1.54, 1.807) is 17.0 Å². The molecule has 5 heteroatoms. The maximum atomic E-state index is 12.2. The summed E-state index contributed by atoms with van der Waals surface area (Å²) < 4.78 is 19.2. The van der Waals surface area contributed by atoms with Gasteiger partial charge in [0, 0.05) is 6.20 Å². The van der Waals surface area contributed by atoms with Crippen molar-refractivity contribution in [2.24, 2.45) is 0 Å². The summed E-state index contributed by atoms with van der Waals surface area (Å²) in [5.41, 5.74) is 1.79. The number of hydrogen-bond donors (Lipinski definition) is 0. The minimum atomic E-state index is -1.13. The molecule has 0 spiro atoms. The smallest absolute Gasteiger partial charge is 0.116 e. The predicted molar refractivity (Wildman–Crippen MR) is 77.1 cm³/mol. The largest absolute Gasteiger partial charge is 0.468 e. The van der Waals surface area contributed by atoms with Crippen molar-refractivity contribution in [1.82, 2.24) is 9.78 Å². The molecule has 0 N–H and O–H groups in total. The van der Waals surface area contributed by atoms with Gasteiger partial charge in [0.05, 0.1) is 39.1 Å². The molecule has 3 aromatic rings. The molecular weight excluding hydrogens is 272 g/mol. The Balaban J connectivity index is 1.78. The third kappa shape index (κ3) is 2.58. The zero-order valence-corrected chi connectivity index (χ0v) is 11.8. The molecule has 0 saturated heterocycles. The zero-order chi connectivity index (χ0) is 13.9. The van der Waals surface area contributed by atoms with E-state index in [2.05, 4.69) is 5.10 Å². The summed E-state index contributed by atoms with van der Waals surface area (Å²) in [5, 5.41) is 4.45. The van der Waals surface area contributed by atoms with Gasteiger partial charge in [-0.3, -0.25) is 4.21 Å². The lowest BCUT2D eigenvalue weighted by molar-refractivity contribution is 0.525. The first-order valence-electron chi connectivity index (χ1n) is 6.26. The number of furan rings is 1. The molecule has 0 saturated carbocycles. The summed E-state index contributed by atoms with van der Waals surface area (Å²) in [7, 11) is -1.13. The van der Waals surface area contributed by atoms with E-state index in [1.165, 1.54) is 0 Å². The second-order valence-electron chi connectivity index (χ2n) is 4.42. The summed E-state index contributed by atoms with van der Waals surface area (Å²) in [6, 6.07) is 13.5. The topological polar surface area (TPSA) is 48.0 Å². The van der Waals surface area contributed by atoms with E-state index in [1.807, 2.05) is 49.5 Å². The number of para-hydroxylation sites is 1. The van der Waals surface area contributed by atoms with Gasteiger partial charge < -0.3 is 4.42 Å². The molecule has 0 radical (unpaired) electrons. The second-order valence-corrected chi connectivity index (χ2v) is 5.84. The van der Waals surface area contributed by atoms with Crippen molar-refractivity contribution in [1.29, 1.82) is 0 Å². The molecule has 0 aliphatic rings. The lowest BCUT2D eigenvalue weighted by Gasteiger charge is -2.00. The molecule has 2 heterocycles. The second kappa shape index (κ2) is 5.46. The molecule has 102 valence electrons. The van der Waals surface area contributed by atoms with E-state index < -0.39 is 10.8 Å². The van der Waals surface area contributed by atoms with Crippen molar-refractivity contribution in [2.45, 2.75) is 17.6 Å². The molecule has 0 fully saturated rings. The highest BCUT2D eigenvalue weighted by Crippen LogP contribution is 2.17. The van der Waals surface area contributed by atoms with Crippen LogP contribution in [0, 0.1) is 6.92 Å². The minimum absolute atomic E-state index is 0.389. The van der Waals surface area contributed by atoms with Crippen molar-refractivity contribution < 1.29 is 8.63 Å². The monoisotopic (exact) mass is 286 g/mol. The molecular formula is C15H14N2O2S. The van der Waals surface area contributed by atoms with Gasteiger partial charge in [-0.15, -0.1) is 0 Å². The Morgan fingerprint density at radius 1 is 1.20 bits per heavy atom. The average molecular weight is 286 g/mol. The highest BCUT2D eigenvalue weighted by atomic mass is 32.2. The first kappa shape index (κ1) is 12.9. The SMILES string of the molecule is Cc1occc1[S@@](=O)Cc1ccn(-c2ccccc2)n1. The van der Waals surface area contributed by atoms with E-state index in [9.17, 15) is 4.21 Å². The van der Waals surface area contributed by atoms with Gasteiger partial charge in [-0.25, -0.2) is 4.68 Å². The third-order valence-corrected chi connectivity index (χ3v) is 4.47. The normalized spacial score (nSPS) is 12.4. The molecule has 1 aromatic carbocycles. The van der Waals surface area contributed by atoms with Gasteiger partial charge in [0.2, 0.25) is 0 Å². The highest BCUT2D eigenvalue weighted by Gasteiger charge is 2.12. The molecule has 4 nitrogen and oxygen atoms in total. The van der Waals surface area contributed by atoms with E-state index in [4.69, 9.17) is 4.42 Å². The Kier molecular flexibility index (Phi) is 3.52. The third-order valence-electron chi connectivity index (χ3n) is 3.00. The maximum Gasteiger partial charge on any atom is 0.116 e. The fourth-order valence-electron chi connectivity index (χ4n) is 1.98. The van der Waals surface area contributed by atoms with Gasteiger partial charge in [0.1, 0.15) is 5.76 Å². The van der Waals surface area contributed by atoms with Gasteiger partial charge in [-0.1, -0.05) is 18.2 Å². The van der Waals surface area contributed by atoms with Gasteiger partial charge >= 0.3 is 0 Å². The van der Waals surface area contributed by atoms with Gasteiger partial charge in [-0.05, 0) is 31.2 Å². The molecule has 0 bridgehead atoms. The fraction of sp³-hybridized carbons (Fsp3) is 0.133. The summed E-state index contributed by atoms with van der Waals surface area (Å²) in [6.45, 7) is 1.82. The molecule has 20 heavy (non-hydrogen) atoms. The Morgan fingerprint density at radius 2 is 2.00 bits per heavy atom. The minimum Gasteiger partial charge on any atom is -0.468 e. The number of rotatable bonds is 4. The van der Waals surface area contributed by atoms with Crippen LogP contribution in [0.25, 0.3) is 5.69 Å². The van der Waals surface area contributed by atoms with Crippen LogP contribution in [0.4, 0.5) is 0 Å². The van der Waals surface area contributed by atoms with E-state index in [-0.39, 0.29) is 0 Å². The van der Waals surface area contributed by atoms with Crippen LogP contribution < -0.4 is 0 Å². The van der Waals surface area contributed by atoms with Crippen molar-refractivity contribution in [3.63, 3.8) is 0 Å². The van der Waals surface area contributed by atoms with Crippen LogP contribution in [0.5, 0.6) is 0 Å². The Hall–Kier alpha value is -2.14. The van der Waals surface area contributed by atoms with E-state index >= 15 is 0 Å². The van der Waals surface area contributed by atoms with Crippen molar-refractivity contribution in [3.8, 4) is 5.69 Å². The van der Waals surface area contributed by atoms with Gasteiger partial charge in [0.25, 0.3) is 0 Å². The molecule has 0 aliphatic heterocycles. The van der Waals surface area contributed by atoms with Crippen molar-refractivity contribution in [3.05, 3.63) is 66.4 Å². The maximum absolute atomic E-state index is 12.2. The van der Waals surface area contributed by atoms with Crippen LogP contribution in [0.1, 0.15) is 11.5 Å². The zero-order valence-electron chi connectivity index (χ0n) is 11.0. The molecule has 0 unspecified atom stereocenters. The van der Waals surface area contributed by atoms with E-state index in [0.29, 0.717) is 11.5 Å². The summed E-state index contributed by atoms with van der Waals surface area (Å²) >= 11 is 0. The van der Waals surface area contributed by atoms with Crippen LogP contribution in [0.3, 0.4) is 0 Å². The van der Waals surface area contributed by atoms with Crippen molar-refractivity contribution >= 4 is 10.8 Å². The molecule has 0 aliphatic carbocycles. The summed E-state index contributed by atoms with van der Waals surface area (Å²) in [5.74, 6) is 1.09. The predicted octanol–water partition coefficient (Wildman–Crippen LogP) is 3.08. The van der Waals surface area contributed by atoms with Crippen LogP contribution in [-0.2, 0) is 16.6 Å². The fourth-order valence-corrected chi connectivity index (χ4v) is 3.14. The van der Waals surface area contributed by atoms with Crippen LogP contribution in [0.15, 0.2) is 64.2 Å². The van der Waals surface area contributed by atoms with Crippen molar-refractivity contribution in [2.75, 3.05) is 0 Å². The highest BCUT2D eigenvalue weighted by molar-refractivity contribution is 7.84. The van der Waals surface area contributed by atoms with Crippen LogP contribution >= 0.6 is 0 Å². The Morgan fingerprint density at radius 3 is 2.70 bits per heavy atom. The van der Waals surface area contributed by atoms with E-state index in [0.717, 1.165) is 16.3 Å². The molecule has 1 atom stereocenters. The number of nitrogens with zero attached hydrogens (tertiary/aromatic N) is 2. The van der Waals surface area contributed by atoms with Gasteiger partial charge in [0.15, 0.2) is 0 Å². The first-order valence-corrected chi connectivity index (χ1v) is 7.58. The average Bonchev–Trinajstić information content (AvgIpc) is 3.09. The number of aromatic nitrogens is 2. The standard InChI is InChI=1S/C15H14N2O2S/c1-12-15(8-10-19-12)20(18)11-13-7-9-17(16-13)14-5-3-2-4-6-14/h2-10H,11H2,1H3/t20-/m0/s1. The first-order chi connectivity index (χ1) is 9.74. The summed E-state index contributed by atoms with van der Waals surface area (Å²) in [4.78, 5) is 0.735. The Labute approximate surface area is 119 Å². The van der Waals surface area contributed by atoms with Crippen LogP contribution in [0.2, 0.25) is 0 Å². The molecule has 3 rings (SSSR count). The van der Waals surface area contributed by atoms with Crippen LogP contribution in [-0.4, -0.2) is 14.0 Å². The number of benzene rings is 1. The lowest BCUT2D eigenvalue weighted by Crippen LogP contribution is -2.00. The summed E-state index contributed by atoms with van der Waals surface area (Å²) in [6.07, 6.45) is 3.44. The molecule has 0 amide bonds. The molecule has 2 aromatic heterocycles. The quantitative estimate of drug-likeness (QED) is 0.740. The van der Waals surface area contributed by atoms with Gasteiger partial charge in [-0.2, -0.15) is 5.10 Å². The lowest BCUT2D eigenvalue weighted by atomic mass is 10.3. The Bertz CT molecular complexity index is 731.